The number of carbonyl (C=O) groups is 1. The van der Waals surface area contributed by atoms with E-state index in [1.807, 2.05) is 36.4 Å². The molecule has 0 bridgehead atoms. The third-order valence-corrected chi connectivity index (χ3v) is 4.05. The van der Waals surface area contributed by atoms with E-state index in [0.717, 1.165) is 16.7 Å². The molecule has 0 fully saturated rings. The maximum atomic E-state index is 11.8. The number of amides is 1. The topological polar surface area (TPSA) is 88.2 Å². The third-order valence-electron chi connectivity index (χ3n) is 3.75. The minimum Gasteiger partial charge on any atom is -0.506 e. The molecule has 1 amide bonds. The smallest absolute Gasteiger partial charge is 0.244 e. The Labute approximate surface area is 150 Å². The second-order valence-corrected chi connectivity index (χ2v) is 5.93. The molecule has 0 aliphatic carbocycles. The number of rotatable bonds is 5. The summed E-state index contributed by atoms with van der Waals surface area (Å²) in [5.74, 6) is -0.463. The highest BCUT2D eigenvalue weighted by Crippen LogP contribution is 2.30. The van der Waals surface area contributed by atoms with Crippen LogP contribution < -0.4 is 11.1 Å². The molecule has 0 aliphatic rings. The molecule has 0 unspecified atom stereocenters. The number of phenols is 1. The Morgan fingerprint density at radius 3 is 2.52 bits per heavy atom. The van der Waals surface area contributed by atoms with Crippen LogP contribution in [-0.4, -0.2) is 16.0 Å². The predicted octanol–water partition coefficient (Wildman–Crippen LogP) is 3.75. The van der Waals surface area contributed by atoms with Gasteiger partial charge in [-0.05, 0) is 29.3 Å². The SMILES string of the molecule is NC(=O)[C@H](Nc1cncc(-c2ccc(O)c(Cl)c2)c1)c1ccccc1. The van der Waals surface area contributed by atoms with Gasteiger partial charge in [0.2, 0.25) is 5.91 Å². The van der Waals surface area contributed by atoms with Gasteiger partial charge >= 0.3 is 0 Å². The Balaban J connectivity index is 1.90. The average Bonchev–Trinajstić information content (AvgIpc) is 2.63. The molecule has 1 heterocycles. The van der Waals surface area contributed by atoms with Gasteiger partial charge in [0.1, 0.15) is 11.8 Å². The Morgan fingerprint density at radius 2 is 1.84 bits per heavy atom. The van der Waals surface area contributed by atoms with Crippen LogP contribution >= 0.6 is 11.6 Å². The first kappa shape index (κ1) is 16.8. The number of aromatic hydroxyl groups is 1. The summed E-state index contributed by atoms with van der Waals surface area (Å²) in [7, 11) is 0. The maximum Gasteiger partial charge on any atom is 0.244 e. The molecule has 6 heteroatoms. The van der Waals surface area contributed by atoms with Gasteiger partial charge in [0.25, 0.3) is 0 Å². The number of pyridine rings is 1. The van der Waals surface area contributed by atoms with Crippen molar-refractivity contribution >= 4 is 23.2 Å². The van der Waals surface area contributed by atoms with Gasteiger partial charge in [0, 0.05) is 11.8 Å². The number of nitrogens with one attached hydrogen (secondary N) is 1. The molecule has 0 radical (unpaired) electrons. The van der Waals surface area contributed by atoms with Crippen molar-refractivity contribution in [2.45, 2.75) is 6.04 Å². The summed E-state index contributed by atoms with van der Waals surface area (Å²) in [5.41, 5.74) is 8.55. The molecule has 5 nitrogen and oxygen atoms in total. The van der Waals surface area contributed by atoms with Crippen LogP contribution in [0.5, 0.6) is 5.75 Å². The lowest BCUT2D eigenvalue weighted by Crippen LogP contribution is -2.27. The second kappa shape index (κ2) is 7.23. The van der Waals surface area contributed by atoms with Crippen molar-refractivity contribution < 1.29 is 9.90 Å². The zero-order valence-corrected chi connectivity index (χ0v) is 13.9. The number of anilines is 1. The number of hydrogen-bond donors (Lipinski definition) is 3. The molecular weight excluding hydrogens is 338 g/mol. The Morgan fingerprint density at radius 1 is 1.08 bits per heavy atom. The predicted molar refractivity (Wildman–Crippen MR) is 98.3 cm³/mol. The number of carbonyl (C=O) groups excluding carboxylic acids is 1. The second-order valence-electron chi connectivity index (χ2n) is 5.52. The monoisotopic (exact) mass is 353 g/mol. The summed E-state index contributed by atoms with van der Waals surface area (Å²) in [4.78, 5) is 16.0. The number of phenolic OH excluding ortho intramolecular Hbond substituents is 1. The number of halogens is 1. The third kappa shape index (κ3) is 3.89. The molecule has 0 aliphatic heterocycles. The number of nitrogens with zero attached hydrogens (tertiary/aromatic N) is 1. The highest BCUT2D eigenvalue weighted by Gasteiger charge is 2.17. The molecule has 4 N–H and O–H groups in total. The van der Waals surface area contributed by atoms with Crippen LogP contribution in [0.15, 0.2) is 67.0 Å². The summed E-state index contributed by atoms with van der Waals surface area (Å²) in [5, 5.41) is 12.9. The molecule has 0 spiro atoms. The van der Waals surface area contributed by atoms with Crippen LogP contribution in [0.4, 0.5) is 5.69 Å². The lowest BCUT2D eigenvalue weighted by atomic mass is 10.0. The molecule has 126 valence electrons. The van der Waals surface area contributed by atoms with E-state index < -0.39 is 11.9 Å². The van der Waals surface area contributed by atoms with Gasteiger partial charge < -0.3 is 16.2 Å². The first-order valence-corrected chi connectivity index (χ1v) is 7.97. The quantitative estimate of drug-likeness (QED) is 0.651. The molecular formula is C19H16ClN3O2. The zero-order chi connectivity index (χ0) is 17.8. The summed E-state index contributed by atoms with van der Waals surface area (Å²) in [6.07, 6.45) is 3.29. The highest BCUT2D eigenvalue weighted by atomic mass is 35.5. The standard InChI is InChI=1S/C19H16ClN3O2/c20-16-9-13(6-7-17(16)24)14-8-15(11-22-10-14)23-18(19(21)25)12-4-2-1-3-5-12/h1-11,18,23-24H,(H2,21,25)/t18-/m1/s1. The summed E-state index contributed by atoms with van der Waals surface area (Å²) < 4.78 is 0. The molecule has 3 rings (SSSR count). The van der Waals surface area contributed by atoms with E-state index >= 15 is 0 Å². The fourth-order valence-corrected chi connectivity index (χ4v) is 2.67. The normalized spacial score (nSPS) is 11.7. The number of nitrogens with two attached hydrogens (primary N) is 1. The van der Waals surface area contributed by atoms with E-state index in [2.05, 4.69) is 10.3 Å². The van der Waals surface area contributed by atoms with E-state index in [4.69, 9.17) is 17.3 Å². The molecule has 25 heavy (non-hydrogen) atoms. The van der Waals surface area contributed by atoms with Gasteiger partial charge in [-0.1, -0.05) is 48.0 Å². The average molecular weight is 354 g/mol. The van der Waals surface area contributed by atoms with Crippen molar-refractivity contribution in [3.8, 4) is 16.9 Å². The molecule has 2 aromatic carbocycles. The molecule has 1 atom stereocenters. The van der Waals surface area contributed by atoms with Crippen LogP contribution in [0.1, 0.15) is 11.6 Å². The summed E-state index contributed by atoms with van der Waals surface area (Å²) in [6.45, 7) is 0. The highest BCUT2D eigenvalue weighted by molar-refractivity contribution is 6.32. The number of benzene rings is 2. The zero-order valence-electron chi connectivity index (χ0n) is 13.2. The van der Waals surface area contributed by atoms with Crippen LogP contribution in [0, 0.1) is 0 Å². The maximum absolute atomic E-state index is 11.8. The molecule has 3 aromatic rings. The van der Waals surface area contributed by atoms with Crippen molar-refractivity contribution in [3.63, 3.8) is 0 Å². The molecule has 1 aromatic heterocycles. The lowest BCUT2D eigenvalue weighted by molar-refractivity contribution is -0.118. The van der Waals surface area contributed by atoms with E-state index in [0.29, 0.717) is 5.69 Å². The fraction of sp³-hybridized carbons (Fsp3) is 0.0526. The Hall–Kier alpha value is -3.05. The number of hydrogen-bond acceptors (Lipinski definition) is 4. The summed E-state index contributed by atoms with van der Waals surface area (Å²) >= 11 is 5.96. The van der Waals surface area contributed by atoms with E-state index in [-0.39, 0.29) is 10.8 Å². The van der Waals surface area contributed by atoms with Gasteiger partial charge in [-0.25, -0.2) is 0 Å². The van der Waals surface area contributed by atoms with Crippen molar-refractivity contribution in [3.05, 3.63) is 77.6 Å². The van der Waals surface area contributed by atoms with E-state index in [1.165, 1.54) is 6.07 Å². The van der Waals surface area contributed by atoms with Gasteiger partial charge in [-0.2, -0.15) is 0 Å². The molecule has 0 saturated carbocycles. The van der Waals surface area contributed by atoms with Crippen LogP contribution in [0.25, 0.3) is 11.1 Å². The van der Waals surface area contributed by atoms with E-state index in [1.54, 1.807) is 24.5 Å². The molecule has 0 saturated heterocycles. The minimum atomic E-state index is -0.665. The minimum absolute atomic E-state index is 0.0190. The van der Waals surface area contributed by atoms with Gasteiger partial charge in [-0.15, -0.1) is 0 Å². The van der Waals surface area contributed by atoms with Crippen LogP contribution in [0.2, 0.25) is 5.02 Å². The van der Waals surface area contributed by atoms with Crippen molar-refractivity contribution in [1.82, 2.24) is 4.98 Å². The van der Waals surface area contributed by atoms with E-state index in [9.17, 15) is 9.90 Å². The Kier molecular flexibility index (Phi) is 4.86. The number of aromatic nitrogens is 1. The Bertz CT molecular complexity index is 900. The largest absolute Gasteiger partial charge is 0.506 e. The van der Waals surface area contributed by atoms with Crippen LogP contribution in [0.3, 0.4) is 0 Å². The van der Waals surface area contributed by atoms with Crippen molar-refractivity contribution in [2.24, 2.45) is 5.73 Å². The van der Waals surface area contributed by atoms with Crippen LogP contribution in [-0.2, 0) is 4.79 Å². The number of primary amides is 1. The first-order valence-electron chi connectivity index (χ1n) is 7.59. The van der Waals surface area contributed by atoms with Gasteiger partial charge in [0.05, 0.1) is 16.9 Å². The lowest BCUT2D eigenvalue weighted by Gasteiger charge is -2.17. The fourth-order valence-electron chi connectivity index (χ4n) is 2.49. The first-order chi connectivity index (χ1) is 12.0. The van der Waals surface area contributed by atoms with Gasteiger partial charge in [0.15, 0.2) is 0 Å². The summed E-state index contributed by atoms with van der Waals surface area (Å²) in [6, 6.07) is 15.3. The van der Waals surface area contributed by atoms with Crippen molar-refractivity contribution in [2.75, 3.05) is 5.32 Å². The van der Waals surface area contributed by atoms with Crippen molar-refractivity contribution in [1.29, 1.82) is 0 Å². The van der Waals surface area contributed by atoms with Gasteiger partial charge in [-0.3, -0.25) is 9.78 Å².